The second-order valence-electron chi connectivity index (χ2n) is 4.22. The first kappa shape index (κ1) is 17.2. The van der Waals surface area contributed by atoms with E-state index in [1.54, 1.807) is 0 Å². The van der Waals surface area contributed by atoms with E-state index in [0.717, 1.165) is 18.4 Å². The summed E-state index contributed by atoms with van der Waals surface area (Å²) in [6.45, 7) is 0. The molecule has 0 spiro atoms. The summed E-state index contributed by atoms with van der Waals surface area (Å²) in [5.74, 6) is -4.03. The summed E-state index contributed by atoms with van der Waals surface area (Å²) in [5.41, 5.74) is -0.745. The van der Waals surface area contributed by atoms with Gasteiger partial charge in [-0.05, 0) is 17.9 Å². The summed E-state index contributed by atoms with van der Waals surface area (Å²) in [6.07, 6.45) is -4.31. The minimum absolute atomic E-state index is 0.126. The number of carbonyl (C=O) groups is 1. The maximum atomic E-state index is 13.2. The number of rotatable bonds is 3. The van der Waals surface area contributed by atoms with Gasteiger partial charge in [0.25, 0.3) is 5.69 Å². The standard InChI is InChI=1S/C10H10F4N2O4S/c1-21(20,15-9(17)10(12,13)14)5-6-2-7(11)4-8(3-6)16(18)19/h2-4,21H,5H2,1H3,(H,15,17,20). The zero-order valence-corrected chi connectivity index (χ0v) is 11.4. The lowest BCUT2D eigenvalue weighted by molar-refractivity contribution is -0.385. The van der Waals surface area contributed by atoms with E-state index in [4.69, 9.17) is 0 Å². The van der Waals surface area contributed by atoms with E-state index in [-0.39, 0.29) is 5.56 Å². The van der Waals surface area contributed by atoms with Gasteiger partial charge in [-0.25, -0.2) is 4.39 Å². The first-order chi connectivity index (χ1) is 9.40. The Kier molecular flexibility index (Phi) is 4.79. The van der Waals surface area contributed by atoms with Gasteiger partial charge < -0.3 is 4.55 Å². The predicted octanol–water partition coefficient (Wildman–Crippen LogP) is 2.50. The molecule has 1 aromatic carbocycles. The minimum Gasteiger partial charge on any atom is -0.344 e. The van der Waals surface area contributed by atoms with Gasteiger partial charge in [-0.1, -0.05) is 0 Å². The van der Waals surface area contributed by atoms with Crippen LogP contribution in [0.3, 0.4) is 0 Å². The largest absolute Gasteiger partial charge is 0.474 e. The number of non-ortho nitro benzene ring substituents is 1. The molecule has 0 aliphatic heterocycles. The molecule has 0 radical (unpaired) electrons. The molecule has 118 valence electrons. The number of halogens is 4. The van der Waals surface area contributed by atoms with E-state index in [1.807, 2.05) is 0 Å². The molecule has 11 heteroatoms. The summed E-state index contributed by atoms with van der Waals surface area (Å²) >= 11 is 0. The molecule has 6 nitrogen and oxygen atoms in total. The molecule has 0 bridgehead atoms. The van der Waals surface area contributed by atoms with Crippen LogP contribution in [0.1, 0.15) is 5.56 Å². The van der Waals surface area contributed by atoms with Gasteiger partial charge in [-0.2, -0.15) is 17.5 Å². The van der Waals surface area contributed by atoms with Gasteiger partial charge in [0, 0.05) is 11.8 Å². The maximum Gasteiger partial charge on any atom is 0.474 e. The third-order valence-electron chi connectivity index (χ3n) is 2.18. The van der Waals surface area contributed by atoms with Crippen molar-refractivity contribution in [1.82, 2.24) is 0 Å². The van der Waals surface area contributed by atoms with E-state index >= 15 is 0 Å². The van der Waals surface area contributed by atoms with E-state index in [9.17, 15) is 37.0 Å². The number of carbonyl (C=O) groups excluding carboxylic acids is 1. The molecule has 1 aromatic rings. The second kappa shape index (κ2) is 5.85. The van der Waals surface area contributed by atoms with Gasteiger partial charge in [0.15, 0.2) is 0 Å². The van der Waals surface area contributed by atoms with Crippen molar-refractivity contribution in [2.75, 3.05) is 6.26 Å². The van der Waals surface area contributed by atoms with Crippen molar-refractivity contribution in [3.8, 4) is 0 Å². The highest BCUT2D eigenvalue weighted by Crippen LogP contribution is 2.22. The van der Waals surface area contributed by atoms with Gasteiger partial charge >= 0.3 is 12.1 Å². The smallest absolute Gasteiger partial charge is 0.344 e. The lowest BCUT2D eigenvalue weighted by Crippen LogP contribution is -2.24. The molecule has 1 N–H and O–H groups in total. The summed E-state index contributed by atoms with van der Waals surface area (Å²) in [7, 11) is -3.72. The molecular weight excluding hydrogens is 320 g/mol. The SMILES string of the molecule is C[SH](O)(Cc1cc(F)cc([N+](=O)[O-])c1)=NC(=O)C(F)(F)F. The quantitative estimate of drug-likeness (QED) is 0.385. The lowest BCUT2D eigenvalue weighted by Gasteiger charge is -2.18. The molecule has 0 fully saturated rings. The highest BCUT2D eigenvalue weighted by Gasteiger charge is 2.39. The van der Waals surface area contributed by atoms with Gasteiger partial charge in [-0.3, -0.25) is 14.9 Å². The van der Waals surface area contributed by atoms with Crippen LogP contribution >= 0.6 is 0 Å². The Morgan fingerprint density at radius 3 is 2.48 bits per heavy atom. The Labute approximate surface area is 116 Å². The van der Waals surface area contributed by atoms with Crippen molar-refractivity contribution < 1.29 is 31.8 Å². The van der Waals surface area contributed by atoms with Crippen LogP contribution in [0, 0.1) is 15.9 Å². The zero-order valence-electron chi connectivity index (χ0n) is 10.5. The van der Waals surface area contributed by atoms with Crippen molar-refractivity contribution in [2.24, 2.45) is 4.36 Å². The summed E-state index contributed by atoms with van der Waals surface area (Å²) in [4.78, 5) is 20.4. The van der Waals surface area contributed by atoms with Crippen molar-refractivity contribution in [1.29, 1.82) is 0 Å². The number of amides is 1. The average Bonchev–Trinajstić information content (AvgIpc) is 2.24. The van der Waals surface area contributed by atoms with Crippen LogP contribution in [0.2, 0.25) is 0 Å². The molecule has 0 unspecified atom stereocenters. The fourth-order valence-electron chi connectivity index (χ4n) is 1.46. The number of thiol groups is 1. The normalized spacial score (nSPS) is 12.9. The highest BCUT2D eigenvalue weighted by molar-refractivity contribution is 7.98. The third kappa shape index (κ3) is 5.19. The number of hydrogen-bond donors (Lipinski definition) is 2. The molecule has 1 rings (SSSR count). The Morgan fingerprint density at radius 1 is 1.43 bits per heavy atom. The van der Waals surface area contributed by atoms with Crippen LogP contribution in [0.4, 0.5) is 23.2 Å². The van der Waals surface area contributed by atoms with E-state index in [2.05, 4.69) is 4.36 Å². The number of nitrogens with zero attached hydrogens (tertiary/aromatic N) is 2. The molecule has 0 atom stereocenters. The minimum atomic E-state index is -5.22. The first-order valence-electron chi connectivity index (χ1n) is 5.27. The third-order valence-corrected chi connectivity index (χ3v) is 3.76. The first-order valence-corrected chi connectivity index (χ1v) is 7.60. The summed E-state index contributed by atoms with van der Waals surface area (Å²) in [6, 6.07) is 2.33. The molecule has 0 heterocycles. The molecular formula is C10H10F4N2O4S. The average molecular weight is 330 g/mol. The summed E-state index contributed by atoms with van der Waals surface area (Å²) in [5, 5.41) is 10.5. The molecule has 0 aliphatic carbocycles. The molecule has 1 amide bonds. The van der Waals surface area contributed by atoms with Gasteiger partial charge in [0.1, 0.15) is 5.82 Å². The molecule has 0 aromatic heterocycles. The van der Waals surface area contributed by atoms with Crippen molar-refractivity contribution in [3.63, 3.8) is 0 Å². The van der Waals surface area contributed by atoms with Crippen LogP contribution in [-0.2, 0) is 20.7 Å². The fraction of sp³-hybridized carbons (Fsp3) is 0.300. The van der Waals surface area contributed by atoms with Gasteiger partial charge in [0.05, 0.1) is 11.0 Å². The van der Waals surface area contributed by atoms with Gasteiger partial charge in [0.2, 0.25) is 0 Å². The van der Waals surface area contributed by atoms with Crippen LogP contribution in [0.15, 0.2) is 22.6 Å². The zero-order chi connectivity index (χ0) is 16.4. The monoisotopic (exact) mass is 330 g/mol. The number of hydrogen-bond acceptors (Lipinski definition) is 3. The number of benzene rings is 1. The molecule has 0 saturated heterocycles. The van der Waals surface area contributed by atoms with Crippen molar-refractivity contribution in [3.05, 3.63) is 39.7 Å². The number of nitro benzene ring substituents is 1. The number of alkyl halides is 3. The Morgan fingerprint density at radius 2 is 2.00 bits per heavy atom. The van der Waals surface area contributed by atoms with E-state index in [0.29, 0.717) is 6.07 Å². The van der Waals surface area contributed by atoms with Crippen LogP contribution in [-0.4, -0.2) is 27.8 Å². The topological polar surface area (TPSA) is 92.8 Å². The van der Waals surface area contributed by atoms with Crippen molar-refractivity contribution in [2.45, 2.75) is 11.9 Å². The Balaban J connectivity index is 3.12. The van der Waals surface area contributed by atoms with Crippen LogP contribution in [0.25, 0.3) is 0 Å². The Hall–Kier alpha value is -1.88. The van der Waals surface area contributed by atoms with Gasteiger partial charge in [-0.15, -0.1) is 10.1 Å². The maximum absolute atomic E-state index is 13.2. The Bertz CT molecular complexity index is 638. The lowest BCUT2D eigenvalue weighted by atomic mass is 10.2. The van der Waals surface area contributed by atoms with Crippen molar-refractivity contribution >= 4 is 21.7 Å². The molecule has 0 aliphatic rings. The molecule has 0 saturated carbocycles. The predicted molar refractivity (Wildman–Crippen MR) is 67.6 cm³/mol. The summed E-state index contributed by atoms with van der Waals surface area (Å²) < 4.78 is 61.8. The molecule has 21 heavy (non-hydrogen) atoms. The van der Waals surface area contributed by atoms with E-state index < -0.39 is 44.4 Å². The van der Waals surface area contributed by atoms with Crippen LogP contribution < -0.4 is 0 Å². The number of nitro groups is 1. The van der Waals surface area contributed by atoms with Crippen LogP contribution in [0.5, 0.6) is 0 Å². The van der Waals surface area contributed by atoms with E-state index in [1.165, 1.54) is 0 Å². The second-order valence-corrected chi connectivity index (χ2v) is 6.92. The fourth-order valence-corrected chi connectivity index (χ4v) is 2.91. The highest BCUT2D eigenvalue weighted by atomic mass is 32.3.